The summed E-state index contributed by atoms with van der Waals surface area (Å²) in [5, 5.41) is 13.9. The Morgan fingerprint density at radius 1 is 0.966 bits per heavy atom. The van der Waals surface area contributed by atoms with E-state index in [1.54, 1.807) is 55.7 Å². The second-order valence-electron chi connectivity index (χ2n) is 15.1. The number of unbranched alkanes of at least 4 members (excludes halogenated alkanes) is 2. The third-order valence-corrected chi connectivity index (χ3v) is 13.3. The van der Waals surface area contributed by atoms with Gasteiger partial charge >= 0.3 is 0 Å². The third kappa shape index (κ3) is 7.49. The van der Waals surface area contributed by atoms with Crippen LogP contribution < -0.4 is 16.0 Å². The Balaban J connectivity index is 0.837. The summed E-state index contributed by atoms with van der Waals surface area (Å²) in [5.74, 6) is -1.90. The highest BCUT2D eigenvalue weighted by Gasteiger charge is 2.49. The first-order chi connectivity index (χ1) is 28.4. The Bertz CT molecular complexity index is 2600. The number of sulfonamides is 1. The van der Waals surface area contributed by atoms with E-state index in [1.165, 1.54) is 4.31 Å². The maximum Gasteiger partial charge on any atom is 0.262 e. The zero-order valence-corrected chi connectivity index (χ0v) is 33.5. The molecule has 3 aliphatic rings. The molecule has 6 heterocycles. The van der Waals surface area contributed by atoms with Gasteiger partial charge in [0.2, 0.25) is 27.8 Å². The third-order valence-electron chi connectivity index (χ3n) is 11.5. The lowest BCUT2D eigenvalue weighted by Gasteiger charge is -2.48. The van der Waals surface area contributed by atoms with Crippen LogP contribution in [0.2, 0.25) is 0 Å². The maximum absolute atomic E-state index is 13.4. The Labute approximate surface area is 340 Å². The fourth-order valence-corrected chi connectivity index (χ4v) is 9.23. The Morgan fingerprint density at radius 3 is 2.51 bits per heavy atom. The highest BCUT2D eigenvalue weighted by Crippen LogP contribution is 2.36. The molecule has 1 unspecified atom stereocenters. The van der Waals surface area contributed by atoms with E-state index in [0.29, 0.717) is 66.6 Å². The van der Waals surface area contributed by atoms with E-state index in [4.69, 9.17) is 4.98 Å². The summed E-state index contributed by atoms with van der Waals surface area (Å²) >= 11 is 0. The van der Waals surface area contributed by atoms with Crippen molar-refractivity contribution in [2.24, 2.45) is 0 Å². The van der Waals surface area contributed by atoms with Gasteiger partial charge in [0.25, 0.3) is 17.7 Å². The van der Waals surface area contributed by atoms with Gasteiger partial charge in [-0.3, -0.25) is 38.9 Å². The van der Waals surface area contributed by atoms with Crippen molar-refractivity contribution >= 4 is 62.2 Å². The van der Waals surface area contributed by atoms with Gasteiger partial charge in [-0.25, -0.2) is 13.4 Å². The minimum absolute atomic E-state index is 0.0610. The summed E-state index contributed by atoms with van der Waals surface area (Å²) in [6.07, 6.45) is 9.05. The number of hydrogen-bond acceptors (Lipinski definition) is 11. The molecule has 18 heteroatoms. The van der Waals surface area contributed by atoms with E-state index in [1.807, 2.05) is 29.9 Å². The number of aryl methyl sites for hydroxylation is 1. The van der Waals surface area contributed by atoms with Crippen LogP contribution in [0.25, 0.3) is 22.3 Å². The van der Waals surface area contributed by atoms with Crippen molar-refractivity contribution in [3.05, 3.63) is 89.4 Å². The minimum atomic E-state index is -3.28. The minimum Gasteiger partial charge on any atom is -0.352 e. The lowest BCUT2D eigenvalue weighted by Crippen LogP contribution is -2.64. The van der Waals surface area contributed by atoms with Gasteiger partial charge in [-0.15, -0.1) is 0 Å². The normalized spacial score (nSPS) is 17.9. The molecule has 0 bridgehead atoms. The van der Waals surface area contributed by atoms with Crippen LogP contribution in [-0.4, -0.2) is 103 Å². The summed E-state index contributed by atoms with van der Waals surface area (Å²) in [7, 11) is -3.28. The lowest BCUT2D eigenvalue weighted by atomic mass is 9.89. The molecule has 2 saturated heterocycles. The molecule has 59 heavy (non-hydrogen) atoms. The Hall–Kier alpha value is -6.27. The summed E-state index contributed by atoms with van der Waals surface area (Å²) in [4.78, 5) is 77.1. The van der Waals surface area contributed by atoms with Crippen LogP contribution >= 0.6 is 0 Å². The molecule has 8 rings (SSSR count). The molecule has 2 aromatic carbocycles. The van der Waals surface area contributed by atoms with Gasteiger partial charge in [-0.1, -0.05) is 25.5 Å². The molecular weight excluding hydrogens is 777 g/mol. The van der Waals surface area contributed by atoms with Crippen molar-refractivity contribution in [2.75, 3.05) is 30.7 Å². The average Bonchev–Trinajstić information content (AvgIpc) is 3.95. The van der Waals surface area contributed by atoms with Crippen LogP contribution in [0.5, 0.6) is 0 Å². The SMILES string of the molecule is CCC1(n2cc(-c3nc(Nc4ccc(C(=O)NCCCCCc5cccc6c5C(=O)N(C5CCC(=O)NC5=O)C6=O)cc4)nc4[nH]ccc34)cn2)CN(S(=O)(=O)CC)C1. The largest absolute Gasteiger partial charge is 0.352 e. The molecule has 5 amide bonds. The van der Waals surface area contributed by atoms with Crippen molar-refractivity contribution in [1.82, 2.24) is 44.6 Å². The number of imide groups is 2. The number of aromatic nitrogens is 5. The number of aromatic amines is 1. The Morgan fingerprint density at radius 2 is 1.76 bits per heavy atom. The lowest BCUT2D eigenvalue weighted by molar-refractivity contribution is -0.136. The van der Waals surface area contributed by atoms with Gasteiger partial charge in [-0.2, -0.15) is 14.4 Å². The summed E-state index contributed by atoms with van der Waals surface area (Å²) in [5.41, 5.74) is 4.11. The van der Waals surface area contributed by atoms with E-state index in [0.717, 1.165) is 40.7 Å². The standard InChI is InChI=1S/C41H44N10O7S/c1-3-41(23-49(24-41)59(57,58)4-2)50-22-27(21-44-50)34-30-18-20-42-35(30)48-40(47-34)45-28-14-12-26(13-15-28)36(53)43-19-7-5-6-9-25-10-8-11-29-33(25)39(56)51(38(29)55)31-16-17-32(52)46-37(31)54/h8,10-15,18,20-22,31H,3-7,9,16-17,19,23-24H2,1-2H3,(H,43,53)(H,46,52,54)(H2,42,45,47,48). The number of carbonyl (C=O) groups excluding carboxylic acids is 5. The summed E-state index contributed by atoms with van der Waals surface area (Å²) < 4.78 is 28.2. The van der Waals surface area contributed by atoms with Crippen molar-refractivity contribution < 1.29 is 32.4 Å². The molecular formula is C41H44N10O7S. The van der Waals surface area contributed by atoms with Crippen molar-refractivity contribution in [3.63, 3.8) is 0 Å². The molecule has 0 aliphatic carbocycles. The number of benzene rings is 2. The van der Waals surface area contributed by atoms with Crippen molar-refractivity contribution in [2.45, 2.75) is 70.4 Å². The number of amides is 5. The molecule has 5 aromatic rings. The van der Waals surface area contributed by atoms with Gasteiger partial charge < -0.3 is 15.6 Å². The quantitative estimate of drug-likeness (QED) is 0.0877. The van der Waals surface area contributed by atoms with Crippen LogP contribution in [0.3, 0.4) is 0 Å². The highest BCUT2D eigenvalue weighted by molar-refractivity contribution is 7.89. The molecule has 3 aliphatic heterocycles. The van der Waals surface area contributed by atoms with Gasteiger partial charge in [-0.05, 0) is 81.0 Å². The first-order valence-corrected chi connectivity index (χ1v) is 21.4. The fraction of sp³-hybridized carbons (Fsp3) is 0.366. The zero-order valence-electron chi connectivity index (χ0n) is 32.7. The molecule has 4 N–H and O–H groups in total. The predicted octanol–water partition coefficient (Wildman–Crippen LogP) is 3.88. The van der Waals surface area contributed by atoms with Crippen LogP contribution in [0.4, 0.5) is 11.6 Å². The van der Waals surface area contributed by atoms with Gasteiger partial charge in [0.05, 0.1) is 34.3 Å². The number of rotatable bonds is 15. The first kappa shape index (κ1) is 39.6. The van der Waals surface area contributed by atoms with E-state index in [2.05, 4.69) is 31.0 Å². The number of carbonyl (C=O) groups is 5. The molecule has 0 radical (unpaired) electrons. The van der Waals surface area contributed by atoms with E-state index in [-0.39, 0.29) is 30.1 Å². The van der Waals surface area contributed by atoms with Gasteiger partial charge in [0.15, 0.2) is 0 Å². The average molecular weight is 821 g/mol. The summed E-state index contributed by atoms with van der Waals surface area (Å²) in [6, 6.07) is 13.0. The molecule has 2 fully saturated rings. The number of H-pyrrole nitrogens is 1. The molecule has 306 valence electrons. The second-order valence-corrected chi connectivity index (χ2v) is 17.4. The first-order valence-electron chi connectivity index (χ1n) is 19.8. The number of piperidine rings is 1. The smallest absolute Gasteiger partial charge is 0.262 e. The number of hydrogen-bond donors (Lipinski definition) is 4. The van der Waals surface area contributed by atoms with Gasteiger partial charge in [0, 0.05) is 60.6 Å². The molecule has 17 nitrogen and oxygen atoms in total. The van der Waals surface area contributed by atoms with Gasteiger partial charge in [0.1, 0.15) is 11.7 Å². The highest BCUT2D eigenvalue weighted by atomic mass is 32.2. The molecule has 3 aromatic heterocycles. The predicted molar refractivity (Wildman–Crippen MR) is 217 cm³/mol. The van der Waals surface area contributed by atoms with Crippen LogP contribution in [-0.2, 0) is 31.6 Å². The number of nitrogens with zero attached hydrogens (tertiary/aromatic N) is 6. The van der Waals surface area contributed by atoms with Crippen LogP contribution in [0.1, 0.15) is 89.0 Å². The monoisotopic (exact) mass is 820 g/mol. The number of anilines is 2. The molecule has 0 spiro atoms. The topological polar surface area (TPSA) is 221 Å². The summed E-state index contributed by atoms with van der Waals surface area (Å²) in [6.45, 7) is 4.86. The number of fused-ring (bicyclic) bond motifs is 2. The molecule has 0 saturated carbocycles. The van der Waals surface area contributed by atoms with E-state index >= 15 is 0 Å². The number of nitrogens with one attached hydrogen (secondary N) is 4. The van der Waals surface area contributed by atoms with E-state index in [9.17, 15) is 32.4 Å². The van der Waals surface area contributed by atoms with E-state index < -0.39 is 45.2 Å². The van der Waals surface area contributed by atoms with Crippen molar-refractivity contribution in [3.8, 4) is 11.3 Å². The second kappa shape index (κ2) is 15.8. The maximum atomic E-state index is 13.4. The molecule has 1 atom stereocenters. The Kier molecular flexibility index (Phi) is 10.6. The van der Waals surface area contributed by atoms with Crippen LogP contribution in [0, 0.1) is 0 Å². The fourth-order valence-electron chi connectivity index (χ4n) is 7.99. The zero-order chi connectivity index (χ0) is 41.5. The van der Waals surface area contributed by atoms with Crippen LogP contribution in [0.15, 0.2) is 67.1 Å². The van der Waals surface area contributed by atoms with Crippen molar-refractivity contribution in [1.29, 1.82) is 0 Å².